The van der Waals surface area contributed by atoms with E-state index in [4.69, 9.17) is 9.47 Å². The summed E-state index contributed by atoms with van der Waals surface area (Å²) in [4.78, 5) is 38.9. The van der Waals surface area contributed by atoms with E-state index in [-0.39, 0.29) is 47.2 Å². The maximum Gasteiger partial charge on any atom is 0.269 e. The number of nitro groups is 1. The summed E-state index contributed by atoms with van der Waals surface area (Å²) in [5.41, 5.74) is 7.00. The van der Waals surface area contributed by atoms with Crippen LogP contribution in [0.4, 0.5) is 11.4 Å². The van der Waals surface area contributed by atoms with Gasteiger partial charge < -0.3 is 30.1 Å². The summed E-state index contributed by atoms with van der Waals surface area (Å²) >= 11 is 0. The topological polar surface area (TPSA) is 147 Å². The third-order valence-corrected chi connectivity index (χ3v) is 10.7. The number of benzene rings is 4. The fourth-order valence-corrected chi connectivity index (χ4v) is 7.39. The van der Waals surface area contributed by atoms with Crippen molar-refractivity contribution in [2.45, 2.75) is 71.2 Å². The first-order valence-corrected chi connectivity index (χ1v) is 19.6. The normalized spacial score (nSPS) is 20.0. The van der Waals surface area contributed by atoms with Gasteiger partial charge >= 0.3 is 0 Å². The molecule has 4 unspecified atom stereocenters. The second-order valence-corrected chi connectivity index (χ2v) is 14.8. The van der Waals surface area contributed by atoms with Gasteiger partial charge in [0, 0.05) is 88.5 Å². The number of aliphatic hydroxyl groups excluding tert-OH is 1. The number of carbonyl (C=O) groups excluding carboxylic acids is 2. The van der Waals surface area contributed by atoms with E-state index in [2.05, 4.69) is 63.8 Å². The van der Waals surface area contributed by atoms with Crippen molar-refractivity contribution in [1.82, 2.24) is 15.5 Å². The second kappa shape index (κ2) is 19.6. The predicted octanol–water partition coefficient (Wildman–Crippen LogP) is 6.68. The maximum absolute atomic E-state index is 12.5. The fraction of sp³-hybridized carbons (Fsp3) is 0.409. The van der Waals surface area contributed by atoms with E-state index < -0.39 is 6.29 Å². The lowest BCUT2D eigenvalue weighted by molar-refractivity contribution is -0.384. The van der Waals surface area contributed by atoms with Crippen molar-refractivity contribution in [1.29, 1.82) is 0 Å². The molecular weight excluding hydrogens is 711 g/mol. The number of amides is 2. The van der Waals surface area contributed by atoms with Crippen LogP contribution in [0.25, 0.3) is 11.1 Å². The number of nitrogens with zero attached hydrogens (tertiary/aromatic N) is 3. The molecule has 0 spiro atoms. The van der Waals surface area contributed by atoms with Crippen LogP contribution in [0, 0.1) is 16.0 Å². The van der Waals surface area contributed by atoms with Crippen LogP contribution in [0.5, 0.6) is 0 Å². The molecule has 2 fully saturated rings. The standard InChI is InChI=1S/C44H53N5O7/c1-31-41(29-47-23-25-48(26-24-47)39-18-20-40(21-19-39)49(53)54)55-44(56-43(31)36-12-10-33(30-50)11-13-36)37-16-14-35(15-17-37)38-8-6-7-34(27-38)28-46-42(52)9-4-3-5-22-45-32(2)51/h6-8,10-21,27,31,41,43-44,50H,3-5,9,22-26,28-30H2,1-2H3,(H,45,51)(H,46,52). The van der Waals surface area contributed by atoms with Crippen molar-refractivity contribution in [3.05, 3.63) is 129 Å². The zero-order valence-corrected chi connectivity index (χ0v) is 32.3. The number of piperazine rings is 1. The highest BCUT2D eigenvalue weighted by molar-refractivity contribution is 5.76. The molecule has 296 valence electrons. The summed E-state index contributed by atoms with van der Waals surface area (Å²) in [5, 5.41) is 26.6. The minimum atomic E-state index is -0.582. The highest BCUT2D eigenvalue weighted by Gasteiger charge is 2.39. The third kappa shape index (κ3) is 11.0. The van der Waals surface area contributed by atoms with E-state index in [1.807, 2.05) is 48.5 Å². The van der Waals surface area contributed by atoms with Gasteiger partial charge in [0.2, 0.25) is 11.8 Å². The second-order valence-electron chi connectivity index (χ2n) is 14.8. The molecule has 2 aliphatic rings. The summed E-state index contributed by atoms with van der Waals surface area (Å²) in [5.74, 6) is 0.0402. The van der Waals surface area contributed by atoms with E-state index in [0.29, 0.717) is 19.5 Å². The Bertz CT molecular complexity index is 1900. The molecule has 0 bridgehead atoms. The number of hydrogen-bond acceptors (Lipinski definition) is 9. The summed E-state index contributed by atoms with van der Waals surface area (Å²) in [7, 11) is 0. The van der Waals surface area contributed by atoms with Crippen molar-refractivity contribution in [2.24, 2.45) is 5.92 Å². The summed E-state index contributed by atoms with van der Waals surface area (Å²) in [6, 6.07) is 31.2. The van der Waals surface area contributed by atoms with Crippen molar-refractivity contribution in [2.75, 3.05) is 44.2 Å². The number of carbonyl (C=O) groups is 2. The van der Waals surface area contributed by atoms with E-state index in [1.54, 1.807) is 12.1 Å². The molecular formula is C44H53N5O7. The molecule has 2 saturated heterocycles. The maximum atomic E-state index is 12.5. The van der Waals surface area contributed by atoms with Crippen LogP contribution in [-0.2, 0) is 32.2 Å². The molecule has 2 aliphatic heterocycles. The van der Waals surface area contributed by atoms with Gasteiger partial charge in [0.1, 0.15) is 0 Å². The number of rotatable bonds is 16. The average molecular weight is 764 g/mol. The van der Waals surface area contributed by atoms with Crippen LogP contribution in [0.3, 0.4) is 0 Å². The van der Waals surface area contributed by atoms with Gasteiger partial charge in [0.05, 0.1) is 23.7 Å². The number of anilines is 1. The largest absolute Gasteiger partial charge is 0.392 e. The molecule has 2 amide bonds. The molecule has 0 radical (unpaired) electrons. The fourth-order valence-electron chi connectivity index (χ4n) is 7.39. The Kier molecular flexibility index (Phi) is 14.2. The van der Waals surface area contributed by atoms with Crippen molar-refractivity contribution >= 4 is 23.2 Å². The SMILES string of the molecule is CC(=O)NCCCCCC(=O)NCc1cccc(-c2ccc(C3OC(CN4CCN(c5ccc([N+](=O)[O-])cc5)CC4)C(C)C(c4ccc(CO)cc4)O3)cc2)c1. The Hall–Kier alpha value is -5.14. The van der Waals surface area contributed by atoms with Crippen LogP contribution in [0.15, 0.2) is 97.1 Å². The molecule has 4 atom stereocenters. The quantitative estimate of drug-likeness (QED) is 0.0646. The number of non-ortho nitro benzene ring substituents is 1. The number of nitro benzene ring substituents is 1. The van der Waals surface area contributed by atoms with E-state index >= 15 is 0 Å². The van der Waals surface area contributed by atoms with Crippen molar-refractivity contribution in [3.63, 3.8) is 0 Å². The van der Waals surface area contributed by atoms with Gasteiger partial charge in [-0.05, 0) is 58.9 Å². The van der Waals surface area contributed by atoms with Crippen LogP contribution in [0.1, 0.15) is 74.2 Å². The molecule has 4 aromatic carbocycles. The molecule has 6 rings (SSSR count). The first-order valence-electron chi connectivity index (χ1n) is 19.6. The zero-order valence-electron chi connectivity index (χ0n) is 32.3. The van der Waals surface area contributed by atoms with Gasteiger partial charge in [-0.2, -0.15) is 0 Å². The number of unbranched alkanes of at least 4 members (excludes halogenated alkanes) is 2. The molecule has 0 aromatic heterocycles. The van der Waals surface area contributed by atoms with Crippen LogP contribution in [-0.4, -0.2) is 72.1 Å². The predicted molar refractivity (Wildman–Crippen MR) is 216 cm³/mol. The highest BCUT2D eigenvalue weighted by atomic mass is 16.7. The summed E-state index contributed by atoms with van der Waals surface area (Å²) < 4.78 is 13.5. The minimum Gasteiger partial charge on any atom is -0.392 e. The molecule has 2 heterocycles. The number of aliphatic hydroxyl groups is 1. The summed E-state index contributed by atoms with van der Waals surface area (Å²) in [6.45, 7) is 8.78. The van der Waals surface area contributed by atoms with Gasteiger partial charge in [-0.15, -0.1) is 0 Å². The van der Waals surface area contributed by atoms with Gasteiger partial charge in [0.25, 0.3) is 5.69 Å². The number of ether oxygens (including phenoxy) is 2. The molecule has 4 aromatic rings. The molecule has 0 saturated carbocycles. The van der Waals surface area contributed by atoms with Crippen LogP contribution in [0.2, 0.25) is 0 Å². The third-order valence-electron chi connectivity index (χ3n) is 10.7. The van der Waals surface area contributed by atoms with Crippen molar-refractivity contribution in [3.8, 4) is 11.1 Å². The average Bonchev–Trinajstić information content (AvgIpc) is 3.22. The van der Waals surface area contributed by atoms with E-state index in [9.17, 15) is 24.8 Å². The number of hydrogen-bond donors (Lipinski definition) is 3. The lowest BCUT2D eigenvalue weighted by atomic mass is 9.89. The first-order chi connectivity index (χ1) is 27.2. The van der Waals surface area contributed by atoms with Crippen molar-refractivity contribution < 1.29 is 29.1 Å². The first kappa shape index (κ1) is 40.5. The van der Waals surface area contributed by atoms with Gasteiger partial charge in [-0.25, -0.2) is 0 Å². The Labute approximate surface area is 329 Å². The molecule has 12 heteroatoms. The van der Waals surface area contributed by atoms with Crippen LogP contribution < -0.4 is 15.5 Å². The molecule has 3 N–H and O–H groups in total. The molecule has 0 aliphatic carbocycles. The smallest absolute Gasteiger partial charge is 0.269 e. The molecule has 12 nitrogen and oxygen atoms in total. The Morgan fingerprint density at radius 1 is 0.821 bits per heavy atom. The zero-order chi connectivity index (χ0) is 39.4. The van der Waals surface area contributed by atoms with E-state index in [0.717, 1.165) is 91.1 Å². The lowest BCUT2D eigenvalue weighted by Gasteiger charge is -2.44. The Morgan fingerprint density at radius 3 is 2.21 bits per heavy atom. The monoisotopic (exact) mass is 763 g/mol. The Morgan fingerprint density at radius 2 is 1.54 bits per heavy atom. The van der Waals surface area contributed by atoms with E-state index in [1.165, 1.54) is 6.92 Å². The molecule has 56 heavy (non-hydrogen) atoms. The Balaban J connectivity index is 1.08. The van der Waals surface area contributed by atoms with Gasteiger partial charge in [0.15, 0.2) is 6.29 Å². The van der Waals surface area contributed by atoms with Crippen LogP contribution >= 0.6 is 0 Å². The van der Waals surface area contributed by atoms with Gasteiger partial charge in [-0.1, -0.05) is 80.1 Å². The lowest BCUT2D eigenvalue weighted by Crippen LogP contribution is -2.51. The summed E-state index contributed by atoms with van der Waals surface area (Å²) in [6.07, 6.45) is 2.08. The van der Waals surface area contributed by atoms with Gasteiger partial charge in [-0.3, -0.25) is 24.6 Å². The number of nitrogens with one attached hydrogen (secondary N) is 2. The highest BCUT2D eigenvalue weighted by Crippen LogP contribution is 2.42. The minimum absolute atomic E-state index is 0.0193.